The summed E-state index contributed by atoms with van der Waals surface area (Å²) in [6, 6.07) is 11.8. The maximum Gasteiger partial charge on any atom is 0.221 e. The highest BCUT2D eigenvalue weighted by atomic mass is 16.3. The van der Waals surface area contributed by atoms with E-state index in [1.54, 1.807) is 6.26 Å². The maximum absolute atomic E-state index is 12.2. The van der Waals surface area contributed by atoms with Crippen LogP contribution in [0.2, 0.25) is 0 Å². The lowest BCUT2D eigenvalue weighted by Gasteiger charge is -2.27. The Hall–Kier alpha value is -2.89. The third-order valence-electron chi connectivity index (χ3n) is 4.27. The van der Waals surface area contributed by atoms with Gasteiger partial charge in [0.2, 0.25) is 5.91 Å². The summed E-state index contributed by atoms with van der Waals surface area (Å²) in [5, 5.41) is 3.94. The number of para-hydroxylation sites is 1. The van der Waals surface area contributed by atoms with Crippen LogP contribution in [0.1, 0.15) is 34.1 Å². The predicted molar refractivity (Wildman–Crippen MR) is 112 cm³/mol. The summed E-state index contributed by atoms with van der Waals surface area (Å²) in [5.74, 6) is 2.50. The molecule has 6 heteroatoms. The van der Waals surface area contributed by atoms with Gasteiger partial charge in [0, 0.05) is 30.9 Å². The Morgan fingerprint density at radius 3 is 2.57 bits per heavy atom. The number of carbonyl (C=O) groups excluding carboxylic acids is 1. The molecule has 1 N–H and O–H groups in total. The number of rotatable bonds is 8. The van der Waals surface area contributed by atoms with Crippen LogP contribution in [-0.2, 0) is 4.79 Å². The summed E-state index contributed by atoms with van der Waals surface area (Å²) in [6.45, 7) is 9.66. The molecule has 0 aliphatic rings. The second-order valence-corrected chi connectivity index (χ2v) is 7.68. The third kappa shape index (κ3) is 4.88. The van der Waals surface area contributed by atoms with E-state index < -0.39 is 0 Å². The Morgan fingerprint density at radius 2 is 1.89 bits per heavy atom. The summed E-state index contributed by atoms with van der Waals surface area (Å²) >= 11 is 0. The number of anilines is 1. The average molecular weight is 380 g/mol. The topological polar surface area (TPSA) is 71.3 Å². The molecule has 0 aliphatic heterocycles. The average Bonchev–Trinajstić information content (AvgIpc) is 3.18. The van der Waals surface area contributed by atoms with Crippen LogP contribution in [-0.4, -0.2) is 35.0 Å². The fraction of sp³-hybridized carbons (Fsp3) is 0.409. The van der Waals surface area contributed by atoms with E-state index in [-0.39, 0.29) is 11.9 Å². The molecule has 0 saturated carbocycles. The van der Waals surface area contributed by atoms with Crippen molar-refractivity contribution in [2.45, 2.75) is 40.2 Å². The van der Waals surface area contributed by atoms with Crippen molar-refractivity contribution in [1.29, 1.82) is 0 Å². The van der Waals surface area contributed by atoms with E-state index in [4.69, 9.17) is 9.40 Å². The number of carbonyl (C=O) groups is 1. The molecule has 3 rings (SSSR count). The highest BCUT2D eigenvalue weighted by Crippen LogP contribution is 2.28. The van der Waals surface area contributed by atoms with Crippen LogP contribution < -0.4 is 10.2 Å². The van der Waals surface area contributed by atoms with Gasteiger partial charge in [0.1, 0.15) is 5.82 Å². The summed E-state index contributed by atoms with van der Waals surface area (Å²) in [4.78, 5) is 23.9. The van der Waals surface area contributed by atoms with E-state index in [2.05, 4.69) is 29.0 Å². The van der Waals surface area contributed by atoms with E-state index >= 15 is 0 Å². The molecule has 0 atom stereocenters. The molecule has 1 aromatic carbocycles. The van der Waals surface area contributed by atoms with Gasteiger partial charge in [0.25, 0.3) is 0 Å². The number of furan rings is 1. The summed E-state index contributed by atoms with van der Waals surface area (Å²) in [5.41, 5.74) is 0.860. The van der Waals surface area contributed by atoms with Crippen LogP contribution in [0.5, 0.6) is 0 Å². The van der Waals surface area contributed by atoms with Crippen molar-refractivity contribution < 1.29 is 9.21 Å². The molecule has 2 heterocycles. The molecule has 3 aromatic rings. The minimum atomic E-state index is 0.0494. The second kappa shape index (κ2) is 8.87. The van der Waals surface area contributed by atoms with Gasteiger partial charge in [-0.1, -0.05) is 26.0 Å². The molecule has 0 bridgehead atoms. The van der Waals surface area contributed by atoms with Gasteiger partial charge in [-0.05, 0) is 44.0 Å². The van der Waals surface area contributed by atoms with E-state index in [1.165, 1.54) is 0 Å². The van der Waals surface area contributed by atoms with Crippen molar-refractivity contribution in [2.75, 3.05) is 18.0 Å². The number of aromatic nitrogens is 2. The van der Waals surface area contributed by atoms with Crippen LogP contribution in [0, 0.1) is 5.92 Å². The number of hydrogen-bond donors (Lipinski definition) is 1. The first-order valence-electron chi connectivity index (χ1n) is 9.79. The minimum absolute atomic E-state index is 0.0494. The first-order chi connectivity index (χ1) is 13.4. The number of nitrogens with zero attached hydrogens (tertiary/aromatic N) is 3. The van der Waals surface area contributed by atoms with Crippen LogP contribution in [0.3, 0.4) is 0 Å². The molecule has 148 valence electrons. The fourth-order valence-corrected chi connectivity index (χ4v) is 3.17. The SMILES string of the molecule is CC(C)CN(CCC(=O)NC(C)C)c1nc(-c2ccco2)nc2ccccc12. The molecule has 0 unspecified atom stereocenters. The Morgan fingerprint density at radius 1 is 1.11 bits per heavy atom. The first-order valence-corrected chi connectivity index (χ1v) is 9.79. The number of fused-ring (bicyclic) bond motifs is 1. The number of nitrogens with one attached hydrogen (secondary N) is 1. The second-order valence-electron chi connectivity index (χ2n) is 7.68. The molecule has 1 amide bonds. The van der Waals surface area contributed by atoms with Crippen molar-refractivity contribution in [1.82, 2.24) is 15.3 Å². The Kier molecular flexibility index (Phi) is 6.29. The van der Waals surface area contributed by atoms with E-state index in [0.717, 1.165) is 23.3 Å². The minimum Gasteiger partial charge on any atom is -0.461 e. The first kappa shape index (κ1) is 19.9. The lowest BCUT2D eigenvalue weighted by Crippen LogP contribution is -2.36. The largest absolute Gasteiger partial charge is 0.461 e. The van der Waals surface area contributed by atoms with Gasteiger partial charge in [-0.3, -0.25) is 4.79 Å². The summed E-state index contributed by atoms with van der Waals surface area (Å²) < 4.78 is 5.52. The molecule has 28 heavy (non-hydrogen) atoms. The molecule has 6 nitrogen and oxygen atoms in total. The van der Waals surface area contributed by atoms with Crippen LogP contribution in [0.15, 0.2) is 47.1 Å². The number of amides is 1. The zero-order valence-corrected chi connectivity index (χ0v) is 17.0. The molecular weight excluding hydrogens is 352 g/mol. The van der Waals surface area contributed by atoms with Crippen LogP contribution in [0.25, 0.3) is 22.5 Å². The Labute approximate surface area is 166 Å². The number of hydrogen-bond acceptors (Lipinski definition) is 5. The van der Waals surface area contributed by atoms with Crippen molar-refractivity contribution in [3.8, 4) is 11.6 Å². The molecule has 0 spiro atoms. The van der Waals surface area contributed by atoms with Gasteiger partial charge in [-0.2, -0.15) is 0 Å². The lowest BCUT2D eigenvalue weighted by molar-refractivity contribution is -0.121. The molecule has 0 radical (unpaired) electrons. The molecule has 2 aromatic heterocycles. The monoisotopic (exact) mass is 380 g/mol. The maximum atomic E-state index is 12.2. The molecule has 0 aliphatic carbocycles. The zero-order chi connectivity index (χ0) is 20.1. The van der Waals surface area contributed by atoms with E-state index in [0.29, 0.717) is 30.5 Å². The van der Waals surface area contributed by atoms with Crippen molar-refractivity contribution in [3.63, 3.8) is 0 Å². The van der Waals surface area contributed by atoms with Gasteiger partial charge in [-0.25, -0.2) is 9.97 Å². The van der Waals surface area contributed by atoms with Gasteiger partial charge < -0.3 is 14.6 Å². The lowest BCUT2D eigenvalue weighted by atomic mass is 10.1. The molecule has 0 saturated heterocycles. The standard InChI is InChI=1S/C22H28N4O2/c1-15(2)14-26(12-11-20(27)23-16(3)4)22-17-8-5-6-9-18(17)24-21(25-22)19-10-7-13-28-19/h5-10,13,15-16H,11-12,14H2,1-4H3,(H,23,27). The highest BCUT2D eigenvalue weighted by Gasteiger charge is 2.18. The summed E-state index contributed by atoms with van der Waals surface area (Å²) in [7, 11) is 0. The Bertz CT molecular complexity index is 919. The van der Waals surface area contributed by atoms with Gasteiger partial charge >= 0.3 is 0 Å². The summed E-state index contributed by atoms with van der Waals surface area (Å²) in [6.07, 6.45) is 2.04. The normalized spacial score (nSPS) is 11.4. The van der Waals surface area contributed by atoms with Crippen LogP contribution in [0.4, 0.5) is 5.82 Å². The molecule has 0 fully saturated rings. The number of benzene rings is 1. The van der Waals surface area contributed by atoms with Crippen molar-refractivity contribution in [2.24, 2.45) is 5.92 Å². The smallest absolute Gasteiger partial charge is 0.221 e. The van der Waals surface area contributed by atoms with Crippen molar-refractivity contribution >= 4 is 22.6 Å². The molecular formula is C22H28N4O2. The fourth-order valence-electron chi connectivity index (χ4n) is 3.17. The van der Waals surface area contributed by atoms with Gasteiger partial charge in [0.05, 0.1) is 11.8 Å². The van der Waals surface area contributed by atoms with Crippen molar-refractivity contribution in [3.05, 3.63) is 42.7 Å². The van der Waals surface area contributed by atoms with E-state index in [1.807, 2.05) is 50.2 Å². The highest BCUT2D eigenvalue weighted by molar-refractivity contribution is 5.91. The quantitative estimate of drug-likeness (QED) is 0.632. The zero-order valence-electron chi connectivity index (χ0n) is 17.0. The van der Waals surface area contributed by atoms with E-state index in [9.17, 15) is 4.79 Å². The van der Waals surface area contributed by atoms with Crippen LogP contribution >= 0.6 is 0 Å². The predicted octanol–water partition coefficient (Wildman–Crippen LogP) is 4.27. The Balaban J connectivity index is 1.99. The van der Waals surface area contributed by atoms with Gasteiger partial charge in [-0.15, -0.1) is 0 Å². The third-order valence-corrected chi connectivity index (χ3v) is 4.27. The van der Waals surface area contributed by atoms with Gasteiger partial charge in [0.15, 0.2) is 11.6 Å².